The summed E-state index contributed by atoms with van der Waals surface area (Å²) in [6.45, 7) is 2.05. The van der Waals surface area contributed by atoms with Crippen LogP contribution in [0, 0.1) is 0 Å². The Bertz CT molecular complexity index is 837. The molecule has 2 amide bonds. The van der Waals surface area contributed by atoms with E-state index in [1.807, 2.05) is 30.3 Å². The maximum Gasteiger partial charge on any atom is 0.261 e. The smallest absolute Gasteiger partial charge is 0.261 e. The molecule has 5 nitrogen and oxygen atoms in total. The van der Waals surface area contributed by atoms with E-state index < -0.39 is 6.04 Å². The lowest BCUT2D eigenvalue weighted by Gasteiger charge is -2.29. The van der Waals surface area contributed by atoms with Crippen LogP contribution in [-0.4, -0.2) is 41.9 Å². The molecule has 1 unspecified atom stereocenters. The number of rotatable bonds is 9. The van der Waals surface area contributed by atoms with E-state index in [9.17, 15) is 9.59 Å². The number of carbonyl (C=O) groups excluding carboxylic acids is 2. The van der Waals surface area contributed by atoms with Gasteiger partial charge in [-0.05, 0) is 43.9 Å². The predicted molar refractivity (Wildman–Crippen MR) is 119 cm³/mol. The van der Waals surface area contributed by atoms with E-state index in [1.165, 1.54) is 0 Å². The quantitative estimate of drug-likeness (QED) is 0.650. The Labute approximate surface area is 183 Å². The van der Waals surface area contributed by atoms with E-state index in [2.05, 4.69) is 5.32 Å². The normalized spacial score (nSPS) is 14.9. The van der Waals surface area contributed by atoms with E-state index in [0.717, 1.165) is 31.2 Å². The summed E-state index contributed by atoms with van der Waals surface area (Å²) in [6, 6.07) is 16.6. The van der Waals surface area contributed by atoms with Crippen molar-refractivity contribution in [2.45, 2.75) is 51.1 Å². The van der Waals surface area contributed by atoms with E-state index >= 15 is 0 Å². The highest BCUT2D eigenvalue weighted by molar-refractivity contribution is 6.32. The Kier molecular flexibility index (Phi) is 8.14. The topological polar surface area (TPSA) is 58.6 Å². The molecule has 1 N–H and O–H groups in total. The number of halogens is 1. The molecule has 0 bridgehead atoms. The SMILES string of the molecule is CC(C(=O)NC1CCCC1)N(CCc1ccccc1)C(=O)COc1ccccc1Cl. The van der Waals surface area contributed by atoms with Crippen molar-refractivity contribution in [3.63, 3.8) is 0 Å². The maximum atomic E-state index is 13.0. The van der Waals surface area contributed by atoms with Crippen molar-refractivity contribution in [3.05, 3.63) is 65.2 Å². The maximum absolute atomic E-state index is 13.0. The molecule has 1 fully saturated rings. The fraction of sp³-hybridized carbons (Fsp3) is 0.417. The minimum Gasteiger partial charge on any atom is -0.482 e. The van der Waals surface area contributed by atoms with Crippen molar-refractivity contribution in [1.82, 2.24) is 10.2 Å². The average Bonchev–Trinajstić information content (AvgIpc) is 3.27. The highest BCUT2D eigenvalue weighted by Crippen LogP contribution is 2.23. The number of hydrogen-bond donors (Lipinski definition) is 1. The molecule has 0 spiro atoms. The molecule has 1 aliphatic carbocycles. The third kappa shape index (κ3) is 6.23. The molecule has 0 radical (unpaired) electrons. The van der Waals surface area contributed by atoms with Crippen molar-refractivity contribution in [2.75, 3.05) is 13.2 Å². The molecule has 0 aliphatic heterocycles. The summed E-state index contributed by atoms with van der Waals surface area (Å²) in [5, 5.41) is 3.55. The van der Waals surface area contributed by atoms with Gasteiger partial charge in [-0.15, -0.1) is 0 Å². The molecular formula is C24H29ClN2O3. The fourth-order valence-electron chi connectivity index (χ4n) is 3.75. The van der Waals surface area contributed by atoms with Crippen LogP contribution in [-0.2, 0) is 16.0 Å². The van der Waals surface area contributed by atoms with Gasteiger partial charge in [0.15, 0.2) is 6.61 Å². The highest BCUT2D eigenvalue weighted by Gasteiger charge is 2.28. The lowest BCUT2D eigenvalue weighted by atomic mass is 10.1. The van der Waals surface area contributed by atoms with Crippen LogP contribution in [0.2, 0.25) is 5.02 Å². The van der Waals surface area contributed by atoms with E-state index in [0.29, 0.717) is 23.7 Å². The van der Waals surface area contributed by atoms with Gasteiger partial charge >= 0.3 is 0 Å². The molecule has 2 aromatic carbocycles. The third-order valence-corrected chi connectivity index (χ3v) is 5.85. The van der Waals surface area contributed by atoms with Crippen molar-refractivity contribution in [1.29, 1.82) is 0 Å². The molecule has 2 aromatic rings. The first kappa shape index (κ1) is 22.2. The molecule has 6 heteroatoms. The zero-order valence-electron chi connectivity index (χ0n) is 17.4. The highest BCUT2D eigenvalue weighted by atomic mass is 35.5. The molecule has 3 rings (SSSR count). The Hall–Kier alpha value is -2.53. The Balaban J connectivity index is 1.66. The van der Waals surface area contributed by atoms with E-state index in [1.54, 1.807) is 36.1 Å². The van der Waals surface area contributed by atoms with Gasteiger partial charge in [-0.25, -0.2) is 0 Å². The lowest BCUT2D eigenvalue weighted by molar-refractivity contribution is -0.141. The predicted octanol–water partition coefficient (Wildman–Crippen LogP) is 4.24. The van der Waals surface area contributed by atoms with Crippen molar-refractivity contribution >= 4 is 23.4 Å². The second-order valence-electron chi connectivity index (χ2n) is 7.71. The number of benzene rings is 2. The summed E-state index contributed by atoms with van der Waals surface area (Å²) >= 11 is 6.12. The molecule has 30 heavy (non-hydrogen) atoms. The van der Waals surface area contributed by atoms with Gasteiger partial charge < -0.3 is 15.0 Å². The molecule has 1 saturated carbocycles. The summed E-state index contributed by atoms with van der Waals surface area (Å²) in [6.07, 6.45) is 4.96. The second-order valence-corrected chi connectivity index (χ2v) is 8.11. The first-order valence-electron chi connectivity index (χ1n) is 10.6. The van der Waals surface area contributed by atoms with Crippen LogP contribution < -0.4 is 10.1 Å². The van der Waals surface area contributed by atoms with Gasteiger partial charge in [0.2, 0.25) is 5.91 Å². The summed E-state index contributed by atoms with van der Waals surface area (Å²) in [5.74, 6) is 0.111. The van der Waals surface area contributed by atoms with Crippen LogP contribution in [0.5, 0.6) is 5.75 Å². The molecule has 0 heterocycles. The first-order chi connectivity index (χ1) is 14.5. The first-order valence-corrected chi connectivity index (χ1v) is 10.9. The molecule has 1 atom stereocenters. The van der Waals surface area contributed by atoms with Crippen LogP contribution in [0.15, 0.2) is 54.6 Å². The Morgan fingerprint density at radius 3 is 2.47 bits per heavy atom. The molecule has 0 aromatic heterocycles. The minimum atomic E-state index is -0.573. The minimum absolute atomic E-state index is 0.110. The van der Waals surface area contributed by atoms with Crippen LogP contribution in [0.1, 0.15) is 38.2 Å². The van der Waals surface area contributed by atoms with Gasteiger partial charge in [-0.1, -0.05) is 66.9 Å². The van der Waals surface area contributed by atoms with Gasteiger partial charge in [0.1, 0.15) is 11.8 Å². The van der Waals surface area contributed by atoms with Crippen LogP contribution >= 0.6 is 11.6 Å². The Morgan fingerprint density at radius 1 is 1.10 bits per heavy atom. The summed E-state index contributed by atoms with van der Waals surface area (Å²) in [4.78, 5) is 27.4. The van der Waals surface area contributed by atoms with Gasteiger partial charge in [0, 0.05) is 12.6 Å². The second kappa shape index (κ2) is 11.0. The van der Waals surface area contributed by atoms with E-state index in [4.69, 9.17) is 16.3 Å². The third-order valence-electron chi connectivity index (χ3n) is 5.54. The number of amides is 2. The lowest BCUT2D eigenvalue weighted by Crippen LogP contribution is -2.51. The van der Waals surface area contributed by atoms with Crippen molar-refractivity contribution < 1.29 is 14.3 Å². The molecular weight excluding hydrogens is 400 g/mol. The number of para-hydroxylation sites is 1. The Morgan fingerprint density at radius 2 is 1.77 bits per heavy atom. The molecule has 160 valence electrons. The van der Waals surface area contributed by atoms with Crippen LogP contribution in [0.3, 0.4) is 0 Å². The van der Waals surface area contributed by atoms with Crippen molar-refractivity contribution in [3.8, 4) is 5.75 Å². The molecule has 1 aliphatic rings. The standard InChI is InChI=1S/C24H29ClN2O3/c1-18(24(29)26-20-11-5-6-12-20)27(16-15-19-9-3-2-4-10-19)23(28)17-30-22-14-8-7-13-21(22)25/h2-4,7-10,13-14,18,20H,5-6,11-12,15-17H2,1H3,(H,26,29). The number of ether oxygens (including phenoxy) is 1. The van der Waals surface area contributed by atoms with E-state index in [-0.39, 0.29) is 24.5 Å². The van der Waals surface area contributed by atoms with Gasteiger partial charge in [-0.3, -0.25) is 9.59 Å². The number of hydrogen-bond acceptors (Lipinski definition) is 3. The molecule has 0 saturated heterocycles. The van der Waals surface area contributed by atoms with Crippen LogP contribution in [0.25, 0.3) is 0 Å². The largest absolute Gasteiger partial charge is 0.482 e. The van der Waals surface area contributed by atoms with Crippen molar-refractivity contribution in [2.24, 2.45) is 0 Å². The number of carbonyl (C=O) groups is 2. The van der Waals surface area contributed by atoms with Gasteiger partial charge in [-0.2, -0.15) is 0 Å². The number of nitrogens with one attached hydrogen (secondary N) is 1. The van der Waals surface area contributed by atoms with Crippen LogP contribution in [0.4, 0.5) is 0 Å². The number of nitrogens with zero attached hydrogens (tertiary/aromatic N) is 1. The summed E-state index contributed by atoms with van der Waals surface area (Å²) < 4.78 is 5.64. The zero-order valence-corrected chi connectivity index (χ0v) is 18.1. The fourth-order valence-corrected chi connectivity index (χ4v) is 3.94. The van der Waals surface area contributed by atoms with Gasteiger partial charge in [0.25, 0.3) is 5.91 Å². The zero-order chi connectivity index (χ0) is 21.3. The summed E-state index contributed by atoms with van der Waals surface area (Å²) in [5.41, 5.74) is 1.12. The summed E-state index contributed by atoms with van der Waals surface area (Å²) in [7, 11) is 0. The monoisotopic (exact) mass is 428 g/mol. The average molecular weight is 429 g/mol. The van der Waals surface area contributed by atoms with Gasteiger partial charge in [0.05, 0.1) is 5.02 Å².